The molecule has 1 aromatic carbocycles. The molecule has 1 heterocycles. The summed E-state index contributed by atoms with van der Waals surface area (Å²) in [6.45, 7) is -0.0336. The van der Waals surface area contributed by atoms with E-state index in [1.807, 2.05) is 6.07 Å². The molecule has 0 radical (unpaired) electrons. The molecular weight excluding hydrogens is 284 g/mol. The summed E-state index contributed by atoms with van der Waals surface area (Å²) in [6, 6.07) is 10.4. The minimum absolute atomic E-state index is 0.0336. The first-order valence-electron chi connectivity index (χ1n) is 5.35. The molecule has 0 aliphatic carbocycles. The van der Waals surface area contributed by atoms with Crippen LogP contribution in [0.15, 0.2) is 35.7 Å². The predicted molar refractivity (Wildman–Crippen MR) is 74.8 cm³/mol. The molecule has 0 atom stereocenters. The molecule has 4 nitrogen and oxygen atoms in total. The topological polar surface area (TPSA) is 62.1 Å². The van der Waals surface area contributed by atoms with Crippen LogP contribution in [0.5, 0.6) is 5.75 Å². The van der Waals surface area contributed by atoms with E-state index in [9.17, 15) is 4.79 Å². The fourth-order valence-electron chi connectivity index (χ4n) is 1.42. The van der Waals surface area contributed by atoms with Crippen LogP contribution in [0.4, 0.5) is 5.69 Å². The molecule has 0 aliphatic heterocycles. The third-order valence-corrected chi connectivity index (χ3v) is 3.56. The zero-order valence-corrected chi connectivity index (χ0v) is 11.3. The molecular formula is C13H9ClN2O2S. The lowest BCUT2D eigenvalue weighted by molar-refractivity contribution is 0.103. The van der Waals surface area contributed by atoms with Gasteiger partial charge in [-0.05, 0) is 23.6 Å². The van der Waals surface area contributed by atoms with E-state index in [1.54, 1.807) is 35.7 Å². The second kappa shape index (κ2) is 6.23. The number of hydrogen-bond donors (Lipinski definition) is 1. The number of nitrogens with zero attached hydrogens (tertiary/aromatic N) is 1. The Labute approximate surface area is 119 Å². The first-order chi connectivity index (χ1) is 9.20. The Morgan fingerprint density at radius 2 is 2.32 bits per heavy atom. The highest BCUT2D eigenvalue weighted by molar-refractivity contribution is 7.12. The Hall–Kier alpha value is -2.03. The summed E-state index contributed by atoms with van der Waals surface area (Å²) in [7, 11) is 0. The van der Waals surface area contributed by atoms with Crippen LogP contribution in [-0.4, -0.2) is 12.5 Å². The number of rotatable bonds is 4. The van der Waals surface area contributed by atoms with Gasteiger partial charge in [0.05, 0.1) is 5.02 Å². The summed E-state index contributed by atoms with van der Waals surface area (Å²) in [5.41, 5.74) is 0.588. The Morgan fingerprint density at radius 3 is 3.00 bits per heavy atom. The van der Waals surface area contributed by atoms with Gasteiger partial charge >= 0.3 is 0 Å². The number of halogens is 1. The maximum absolute atomic E-state index is 11.9. The van der Waals surface area contributed by atoms with Crippen molar-refractivity contribution in [2.75, 3.05) is 11.9 Å². The maximum Gasteiger partial charge on any atom is 0.267 e. The molecule has 0 spiro atoms. The Balaban J connectivity index is 2.09. The van der Waals surface area contributed by atoms with Crippen molar-refractivity contribution in [2.24, 2.45) is 0 Å². The highest BCUT2D eigenvalue weighted by Gasteiger charge is 2.12. The number of nitrogens with one attached hydrogen (secondary N) is 1. The number of hydrogen-bond acceptors (Lipinski definition) is 4. The summed E-state index contributed by atoms with van der Waals surface area (Å²) in [4.78, 5) is 12.4. The minimum Gasteiger partial charge on any atom is -0.479 e. The van der Waals surface area contributed by atoms with Gasteiger partial charge in [0, 0.05) is 11.8 Å². The van der Waals surface area contributed by atoms with Crippen LogP contribution in [0.25, 0.3) is 0 Å². The smallest absolute Gasteiger partial charge is 0.267 e. The summed E-state index contributed by atoms with van der Waals surface area (Å²) in [5, 5.41) is 13.3. The quantitative estimate of drug-likeness (QED) is 0.937. The predicted octanol–water partition coefficient (Wildman–Crippen LogP) is 3.56. The molecule has 96 valence electrons. The monoisotopic (exact) mass is 292 g/mol. The fourth-order valence-corrected chi connectivity index (χ4v) is 2.46. The van der Waals surface area contributed by atoms with E-state index in [1.165, 1.54) is 11.3 Å². The highest BCUT2D eigenvalue weighted by Crippen LogP contribution is 2.24. The molecule has 1 amide bonds. The van der Waals surface area contributed by atoms with Gasteiger partial charge in [0.15, 0.2) is 6.61 Å². The van der Waals surface area contributed by atoms with Crippen molar-refractivity contribution in [3.63, 3.8) is 0 Å². The lowest BCUT2D eigenvalue weighted by Crippen LogP contribution is -2.10. The number of carbonyl (C=O) groups is 1. The van der Waals surface area contributed by atoms with Gasteiger partial charge in [0.1, 0.15) is 16.7 Å². The number of thiophene rings is 1. The molecule has 6 heteroatoms. The van der Waals surface area contributed by atoms with Crippen LogP contribution in [0.3, 0.4) is 0 Å². The van der Waals surface area contributed by atoms with Gasteiger partial charge in [-0.1, -0.05) is 17.7 Å². The largest absolute Gasteiger partial charge is 0.479 e. The molecule has 0 fully saturated rings. The van der Waals surface area contributed by atoms with Gasteiger partial charge in [-0.3, -0.25) is 4.79 Å². The number of carbonyl (C=O) groups excluding carboxylic acids is 1. The van der Waals surface area contributed by atoms with Gasteiger partial charge in [-0.25, -0.2) is 0 Å². The van der Waals surface area contributed by atoms with Crippen molar-refractivity contribution < 1.29 is 9.53 Å². The van der Waals surface area contributed by atoms with Gasteiger partial charge in [0.25, 0.3) is 5.91 Å². The number of benzene rings is 1. The van der Waals surface area contributed by atoms with Crippen LogP contribution in [0, 0.1) is 11.3 Å². The Morgan fingerprint density at radius 1 is 1.47 bits per heavy atom. The Bertz CT molecular complexity index is 634. The van der Waals surface area contributed by atoms with E-state index >= 15 is 0 Å². The van der Waals surface area contributed by atoms with Crippen LogP contribution in [-0.2, 0) is 0 Å². The zero-order valence-electron chi connectivity index (χ0n) is 9.72. The third-order valence-electron chi connectivity index (χ3n) is 2.22. The van der Waals surface area contributed by atoms with Crippen molar-refractivity contribution >= 4 is 34.5 Å². The van der Waals surface area contributed by atoms with Crippen molar-refractivity contribution in [3.8, 4) is 11.8 Å². The SMILES string of the molecule is N#CCOc1cccc(NC(=O)c2sccc2Cl)c1. The highest BCUT2D eigenvalue weighted by atomic mass is 35.5. The van der Waals surface area contributed by atoms with Crippen molar-refractivity contribution in [1.29, 1.82) is 5.26 Å². The number of ether oxygens (including phenoxy) is 1. The van der Waals surface area contributed by atoms with Crippen molar-refractivity contribution in [3.05, 3.63) is 45.6 Å². The average molecular weight is 293 g/mol. The molecule has 1 aromatic heterocycles. The molecule has 19 heavy (non-hydrogen) atoms. The summed E-state index contributed by atoms with van der Waals surface area (Å²) in [6.07, 6.45) is 0. The average Bonchev–Trinajstić information content (AvgIpc) is 2.83. The summed E-state index contributed by atoms with van der Waals surface area (Å²) in [5.74, 6) is 0.258. The third kappa shape index (κ3) is 3.47. The van der Waals surface area contributed by atoms with Gasteiger partial charge in [0.2, 0.25) is 0 Å². The molecule has 0 aliphatic rings. The van der Waals surface area contributed by atoms with Gasteiger partial charge in [-0.15, -0.1) is 11.3 Å². The van der Waals surface area contributed by atoms with Gasteiger partial charge < -0.3 is 10.1 Å². The standard InChI is InChI=1S/C13H9ClN2O2S/c14-11-4-7-19-12(11)13(17)16-9-2-1-3-10(8-9)18-6-5-15/h1-4,7-8H,6H2,(H,16,17). The van der Waals surface area contributed by atoms with E-state index in [-0.39, 0.29) is 12.5 Å². The fraction of sp³-hybridized carbons (Fsp3) is 0.0769. The molecule has 2 aromatic rings. The van der Waals surface area contributed by atoms with Crippen LogP contribution < -0.4 is 10.1 Å². The zero-order chi connectivity index (χ0) is 13.7. The lowest BCUT2D eigenvalue weighted by Gasteiger charge is -2.06. The number of anilines is 1. The van der Waals surface area contributed by atoms with E-state index in [4.69, 9.17) is 21.6 Å². The number of nitriles is 1. The first-order valence-corrected chi connectivity index (χ1v) is 6.60. The maximum atomic E-state index is 11.9. The molecule has 2 rings (SSSR count). The first kappa shape index (κ1) is 13.4. The summed E-state index contributed by atoms with van der Waals surface area (Å²) < 4.78 is 5.16. The molecule has 0 saturated heterocycles. The normalized spacial score (nSPS) is 9.68. The molecule has 1 N–H and O–H groups in total. The van der Waals surface area contributed by atoms with Crippen LogP contribution >= 0.6 is 22.9 Å². The Kier molecular flexibility index (Phi) is 4.39. The summed E-state index contributed by atoms with van der Waals surface area (Å²) >= 11 is 7.17. The van der Waals surface area contributed by atoms with Crippen LogP contribution in [0.2, 0.25) is 5.02 Å². The minimum atomic E-state index is -0.266. The van der Waals surface area contributed by atoms with E-state index in [2.05, 4.69) is 5.32 Å². The van der Waals surface area contributed by atoms with E-state index in [0.29, 0.717) is 21.3 Å². The van der Waals surface area contributed by atoms with Crippen molar-refractivity contribution in [2.45, 2.75) is 0 Å². The van der Waals surface area contributed by atoms with E-state index in [0.717, 1.165) is 0 Å². The van der Waals surface area contributed by atoms with Gasteiger partial charge in [-0.2, -0.15) is 5.26 Å². The molecule has 0 bridgehead atoms. The second-order valence-corrected chi connectivity index (χ2v) is 4.85. The van der Waals surface area contributed by atoms with Crippen molar-refractivity contribution in [1.82, 2.24) is 0 Å². The lowest BCUT2D eigenvalue weighted by atomic mass is 10.3. The molecule has 0 saturated carbocycles. The van der Waals surface area contributed by atoms with Crippen LogP contribution in [0.1, 0.15) is 9.67 Å². The second-order valence-electron chi connectivity index (χ2n) is 3.53. The molecule has 0 unspecified atom stereocenters. The number of amides is 1. The van der Waals surface area contributed by atoms with E-state index < -0.39 is 0 Å².